The minimum atomic E-state index is -3.31. The van der Waals surface area contributed by atoms with Crippen molar-refractivity contribution in [2.24, 2.45) is 0 Å². The van der Waals surface area contributed by atoms with Crippen LogP contribution in [0, 0.1) is 0 Å². The highest BCUT2D eigenvalue weighted by Gasteiger charge is 2.15. The molecule has 2 rings (SSSR count). The van der Waals surface area contributed by atoms with Gasteiger partial charge in [0.2, 0.25) is 0 Å². The van der Waals surface area contributed by atoms with Gasteiger partial charge >= 0.3 is 0 Å². The summed E-state index contributed by atoms with van der Waals surface area (Å²) in [5.74, 6) is -0.384. The first-order valence-corrected chi connectivity index (χ1v) is 8.69. The van der Waals surface area contributed by atoms with Crippen molar-refractivity contribution < 1.29 is 13.2 Å². The van der Waals surface area contributed by atoms with Crippen LogP contribution in [0.2, 0.25) is 5.02 Å². The summed E-state index contributed by atoms with van der Waals surface area (Å²) >= 11 is 5.76. The van der Waals surface area contributed by atoms with E-state index in [0.29, 0.717) is 16.1 Å². The van der Waals surface area contributed by atoms with Gasteiger partial charge in [-0.15, -0.1) is 0 Å². The molecular formula is C16H15ClO3S. The van der Waals surface area contributed by atoms with Crippen LogP contribution in [0.5, 0.6) is 0 Å². The molecule has 0 unspecified atom stereocenters. The normalized spacial score (nSPS) is 11.3. The van der Waals surface area contributed by atoms with Crippen LogP contribution >= 0.6 is 11.6 Å². The van der Waals surface area contributed by atoms with Gasteiger partial charge in [-0.25, -0.2) is 8.42 Å². The summed E-state index contributed by atoms with van der Waals surface area (Å²) in [5.41, 5.74) is 1.21. The Hall–Kier alpha value is -1.65. The van der Waals surface area contributed by atoms with E-state index in [4.69, 9.17) is 11.6 Å². The van der Waals surface area contributed by atoms with E-state index in [2.05, 4.69) is 0 Å². The fraction of sp³-hybridized carbons (Fsp3) is 0.188. The SMILES string of the molecule is O=C(CCS(=O)(=O)Cc1ccc(Cl)cc1)c1ccccc1. The summed E-state index contributed by atoms with van der Waals surface area (Å²) in [6.45, 7) is 0. The first-order chi connectivity index (χ1) is 9.96. The first kappa shape index (κ1) is 15.7. The molecule has 0 amide bonds. The van der Waals surface area contributed by atoms with E-state index >= 15 is 0 Å². The topological polar surface area (TPSA) is 51.2 Å². The van der Waals surface area contributed by atoms with E-state index in [1.807, 2.05) is 6.07 Å². The molecule has 0 aliphatic heterocycles. The van der Waals surface area contributed by atoms with E-state index in [0.717, 1.165) is 0 Å². The summed E-state index contributed by atoms with van der Waals surface area (Å²) in [4.78, 5) is 11.9. The van der Waals surface area contributed by atoms with E-state index in [9.17, 15) is 13.2 Å². The van der Waals surface area contributed by atoms with Gasteiger partial charge in [0.05, 0.1) is 11.5 Å². The Kier molecular flexibility index (Phi) is 5.15. The third kappa shape index (κ3) is 4.99. The first-order valence-electron chi connectivity index (χ1n) is 6.49. The van der Waals surface area contributed by atoms with Crippen LogP contribution in [0.25, 0.3) is 0 Å². The molecule has 110 valence electrons. The van der Waals surface area contributed by atoms with Crippen molar-refractivity contribution in [3.63, 3.8) is 0 Å². The molecule has 2 aromatic carbocycles. The van der Waals surface area contributed by atoms with Gasteiger partial charge in [0.25, 0.3) is 0 Å². The van der Waals surface area contributed by atoms with Gasteiger partial charge < -0.3 is 0 Å². The van der Waals surface area contributed by atoms with Gasteiger partial charge in [-0.3, -0.25) is 4.79 Å². The summed E-state index contributed by atoms with van der Waals surface area (Å²) in [7, 11) is -3.31. The van der Waals surface area contributed by atoms with Crippen LogP contribution in [0.3, 0.4) is 0 Å². The number of hydrogen-bond acceptors (Lipinski definition) is 3. The van der Waals surface area contributed by atoms with Gasteiger partial charge in [0, 0.05) is 17.0 Å². The maximum Gasteiger partial charge on any atom is 0.163 e. The van der Waals surface area contributed by atoms with Crippen molar-refractivity contribution in [1.29, 1.82) is 0 Å². The second kappa shape index (κ2) is 6.87. The van der Waals surface area contributed by atoms with Crippen LogP contribution in [0.4, 0.5) is 0 Å². The van der Waals surface area contributed by atoms with Crippen molar-refractivity contribution in [3.05, 3.63) is 70.7 Å². The van der Waals surface area contributed by atoms with Crippen molar-refractivity contribution in [2.45, 2.75) is 12.2 Å². The minimum Gasteiger partial charge on any atom is -0.294 e. The monoisotopic (exact) mass is 322 g/mol. The number of carbonyl (C=O) groups is 1. The van der Waals surface area contributed by atoms with E-state index in [1.165, 1.54) is 0 Å². The molecule has 0 heterocycles. The number of Topliss-reactive ketones (excluding diaryl/α,β-unsaturated/α-hetero) is 1. The van der Waals surface area contributed by atoms with Crippen LogP contribution in [0.15, 0.2) is 54.6 Å². The maximum absolute atomic E-state index is 12.0. The highest BCUT2D eigenvalue weighted by Crippen LogP contribution is 2.13. The van der Waals surface area contributed by atoms with E-state index < -0.39 is 9.84 Å². The van der Waals surface area contributed by atoms with E-state index in [-0.39, 0.29) is 23.7 Å². The van der Waals surface area contributed by atoms with Gasteiger partial charge in [0.1, 0.15) is 0 Å². The van der Waals surface area contributed by atoms with Crippen molar-refractivity contribution >= 4 is 27.2 Å². The zero-order chi connectivity index (χ0) is 15.3. The summed E-state index contributed by atoms with van der Waals surface area (Å²) < 4.78 is 24.1. The predicted molar refractivity (Wildman–Crippen MR) is 84.3 cm³/mol. The maximum atomic E-state index is 12.0. The molecule has 0 aliphatic rings. The van der Waals surface area contributed by atoms with Crippen LogP contribution < -0.4 is 0 Å². The molecule has 0 aromatic heterocycles. The smallest absolute Gasteiger partial charge is 0.163 e. The lowest BCUT2D eigenvalue weighted by molar-refractivity contribution is 0.0988. The Bertz CT molecular complexity index is 707. The largest absolute Gasteiger partial charge is 0.294 e. The highest BCUT2D eigenvalue weighted by atomic mass is 35.5. The number of benzene rings is 2. The fourth-order valence-electron chi connectivity index (χ4n) is 1.92. The number of hydrogen-bond donors (Lipinski definition) is 0. The van der Waals surface area contributed by atoms with Crippen molar-refractivity contribution in [1.82, 2.24) is 0 Å². The fourth-order valence-corrected chi connectivity index (χ4v) is 3.39. The Morgan fingerprint density at radius 1 is 0.952 bits per heavy atom. The van der Waals surface area contributed by atoms with E-state index in [1.54, 1.807) is 48.5 Å². The number of rotatable bonds is 6. The molecule has 0 fully saturated rings. The predicted octanol–water partition coefficient (Wildman–Crippen LogP) is 3.53. The number of halogens is 1. The number of ketones is 1. The average molecular weight is 323 g/mol. The molecule has 0 atom stereocenters. The summed E-state index contributed by atoms with van der Waals surface area (Å²) in [6, 6.07) is 15.4. The van der Waals surface area contributed by atoms with Crippen LogP contribution in [-0.2, 0) is 15.6 Å². The number of sulfone groups is 1. The second-order valence-corrected chi connectivity index (χ2v) is 7.38. The quantitative estimate of drug-likeness (QED) is 0.764. The zero-order valence-electron chi connectivity index (χ0n) is 11.3. The summed E-state index contributed by atoms with van der Waals surface area (Å²) in [5, 5.41) is 0.565. The molecule has 0 bridgehead atoms. The molecule has 0 N–H and O–H groups in total. The second-order valence-electron chi connectivity index (χ2n) is 4.76. The molecule has 0 radical (unpaired) electrons. The molecule has 3 nitrogen and oxygen atoms in total. The third-order valence-electron chi connectivity index (χ3n) is 3.04. The molecule has 0 aliphatic carbocycles. The lowest BCUT2D eigenvalue weighted by Crippen LogP contribution is -2.13. The third-order valence-corrected chi connectivity index (χ3v) is 4.89. The lowest BCUT2D eigenvalue weighted by Gasteiger charge is -2.05. The van der Waals surface area contributed by atoms with Gasteiger partial charge in [-0.2, -0.15) is 0 Å². The Balaban J connectivity index is 1.95. The molecule has 5 heteroatoms. The van der Waals surface area contributed by atoms with Gasteiger partial charge in [-0.1, -0.05) is 54.1 Å². The van der Waals surface area contributed by atoms with Crippen LogP contribution in [-0.4, -0.2) is 20.0 Å². The highest BCUT2D eigenvalue weighted by molar-refractivity contribution is 7.90. The Morgan fingerprint density at radius 2 is 1.57 bits per heavy atom. The van der Waals surface area contributed by atoms with Gasteiger partial charge in [-0.05, 0) is 17.7 Å². The molecular weight excluding hydrogens is 308 g/mol. The standard InChI is InChI=1S/C16H15ClO3S/c17-15-8-6-13(7-9-15)12-21(19,20)11-10-16(18)14-4-2-1-3-5-14/h1-9H,10-12H2. The minimum absolute atomic E-state index is 0.0000631. The average Bonchev–Trinajstić information content (AvgIpc) is 2.48. The zero-order valence-corrected chi connectivity index (χ0v) is 12.9. The lowest BCUT2D eigenvalue weighted by atomic mass is 10.1. The Labute approximate surface area is 129 Å². The van der Waals surface area contributed by atoms with Crippen LogP contribution in [0.1, 0.15) is 22.3 Å². The summed E-state index contributed by atoms with van der Waals surface area (Å²) in [6.07, 6.45) is -0.0000631. The molecule has 21 heavy (non-hydrogen) atoms. The molecule has 0 saturated carbocycles. The number of carbonyl (C=O) groups excluding carboxylic acids is 1. The molecule has 2 aromatic rings. The Morgan fingerprint density at radius 3 is 2.19 bits per heavy atom. The molecule has 0 spiro atoms. The van der Waals surface area contributed by atoms with Gasteiger partial charge in [0.15, 0.2) is 15.6 Å². The van der Waals surface area contributed by atoms with Crippen molar-refractivity contribution in [2.75, 3.05) is 5.75 Å². The molecule has 0 saturated heterocycles. The van der Waals surface area contributed by atoms with Crippen molar-refractivity contribution in [3.8, 4) is 0 Å².